The van der Waals surface area contributed by atoms with E-state index in [0.717, 1.165) is 32.1 Å². The van der Waals surface area contributed by atoms with Crippen LogP contribution in [0.1, 0.15) is 122 Å². The van der Waals surface area contributed by atoms with Crippen LogP contribution in [0.2, 0.25) is 0 Å². The predicted molar refractivity (Wildman–Crippen MR) is 206 cm³/mol. The van der Waals surface area contributed by atoms with Crippen molar-refractivity contribution in [3.63, 3.8) is 0 Å². The van der Waals surface area contributed by atoms with Crippen molar-refractivity contribution < 1.29 is 22.7 Å². The lowest BCUT2D eigenvalue weighted by Crippen LogP contribution is -2.68. The largest absolute Gasteiger partial charge is 0.465 e. The Kier molecular flexibility index (Phi) is 8.44. The molecule has 52 heavy (non-hydrogen) atoms. The summed E-state index contributed by atoms with van der Waals surface area (Å²) in [5.41, 5.74) is 4.82. The number of allylic oxidation sites excluding steroid dienone is 3. The zero-order chi connectivity index (χ0) is 37.2. The number of esters is 1. The minimum absolute atomic E-state index is 0.000389. The molecule has 5 aliphatic carbocycles. The average molecular weight is 731 g/mol. The summed E-state index contributed by atoms with van der Waals surface area (Å²) < 4.78 is 29.8. The fourth-order valence-corrected chi connectivity index (χ4v) is 16.9. The van der Waals surface area contributed by atoms with Crippen LogP contribution in [-0.2, 0) is 19.4 Å². The zero-order valence-corrected chi connectivity index (χ0v) is 33.5. The minimum Gasteiger partial charge on any atom is -0.465 e. The van der Waals surface area contributed by atoms with Gasteiger partial charge in [-0.1, -0.05) is 65.0 Å². The molecule has 8 rings (SSSR count). The second-order valence-corrected chi connectivity index (χ2v) is 22.1. The van der Waals surface area contributed by atoms with E-state index in [0.29, 0.717) is 54.7 Å². The number of likely N-dealkylation sites (tertiary alicyclic amines) is 1. The van der Waals surface area contributed by atoms with E-state index in [4.69, 9.17) is 4.74 Å². The Bertz CT molecular complexity index is 1820. The van der Waals surface area contributed by atoms with Crippen LogP contribution in [0.25, 0.3) is 5.57 Å². The van der Waals surface area contributed by atoms with Crippen molar-refractivity contribution in [2.24, 2.45) is 51.2 Å². The van der Waals surface area contributed by atoms with Crippen molar-refractivity contribution in [1.29, 1.82) is 0 Å². The number of carbonyl (C=O) groups is 2. The standard InChI is InChI=1S/C44H62N2O5S/c1-27(2)32-15-20-44(45-37(47)25-46-24-31-23-30(46)26-52(31,49)50)22-21-42(6)34(38(32)44)13-14-36-41(5)18-16-33(28-9-11-29(12-10-28)39(48)51-8)40(3,4)35(41)17-19-43(36,42)7/h9-12,16,30-32,34-36,38H,1,13-15,17-26H2,2-8H3,(H,45,47). The van der Waals surface area contributed by atoms with Crippen molar-refractivity contribution in [2.45, 2.75) is 123 Å². The summed E-state index contributed by atoms with van der Waals surface area (Å²) in [6, 6.07) is 8.01. The van der Waals surface area contributed by atoms with Gasteiger partial charge in [-0.25, -0.2) is 13.2 Å². The number of benzene rings is 1. The molecule has 7 nitrogen and oxygen atoms in total. The second kappa shape index (κ2) is 12.0. The number of nitrogens with one attached hydrogen (secondary N) is 1. The van der Waals surface area contributed by atoms with E-state index in [1.165, 1.54) is 49.5 Å². The molecule has 8 heteroatoms. The summed E-state index contributed by atoms with van der Waals surface area (Å²) in [5.74, 6) is 2.49. The molecule has 0 aromatic heterocycles. The SMILES string of the molecule is C=C(C)C1CCC2(NC(=O)CN3CC4CC3CS4(=O)=O)CCC3(C)C(CCC4C5(C)CC=C(c6ccc(C(=O)OC)cc6)C(C)(C)C5CCC43C)C12. The van der Waals surface area contributed by atoms with Crippen molar-refractivity contribution in [3.8, 4) is 0 Å². The molecule has 1 amide bonds. The molecule has 7 aliphatic rings. The maximum atomic E-state index is 13.9. The maximum Gasteiger partial charge on any atom is 0.337 e. The van der Waals surface area contributed by atoms with Gasteiger partial charge >= 0.3 is 5.97 Å². The first kappa shape index (κ1) is 36.5. The molecular formula is C44H62N2O5S. The third-order valence-electron chi connectivity index (χ3n) is 17.4. The summed E-state index contributed by atoms with van der Waals surface area (Å²) in [6.45, 7) is 20.4. The highest BCUT2D eigenvalue weighted by Gasteiger charge is 2.70. The lowest BCUT2D eigenvalue weighted by molar-refractivity contribution is -0.219. The molecule has 6 fully saturated rings. The van der Waals surface area contributed by atoms with Crippen LogP contribution in [0, 0.1) is 51.2 Å². The van der Waals surface area contributed by atoms with Gasteiger partial charge in [0, 0.05) is 18.1 Å². The van der Waals surface area contributed by atoms with Crippen LogP contribution in [0.3, 0.4) is 0 Å². The Balaban J connectivity index is 1.06. The molecule has 0 spiro atoms. The van der Waals surface area contributed by atoms with Crippen LogP contribution in [-0.4, -0.2) is 68.0 Å². The number of nitrogens with zero attached hydrogens (tertiary/aromatic N) is 1. The predicted octanol–water partition coefficient (Wildman–Crippen LogP) is 7.86. The fourth-order valence-electron chi connectivity index (χ4n) is 14.8. The molecule has 11 unspecified atom stereocenters. The number of amides is 1. The number of hydrogen-bond acceptors (Lipinski definition) is 6. The highest BCUT2D eigenvalue weighted by molar-refractivity contribution is 7.92. The van der Waals surface area contributed by atoms with Crippen LogP contribution < -0.4 is 5.32 Å². The molecule has 1 N–H and O–H groups in total. The first-order valence-corrected chi connectivity index (χ1v) is 21.9. The number of sulfone groups is 1. The average Bonchev–Trinajstić information content (AvgIpc) is 3.75. The van der Waals surface area contributed by atoms with Gasteiger partial charge in [0.2, 0.25) is 5.91 Å². The van der Waals surface area contributed by atoms with E-state index in [1.54, 1.807) is 0 Å². The molecule has 0 radical (unpaired) electrons. The van der Waals surface area contributed by atoms with Crippen molar-refractivity contribution >= 4 is 27.3 Å². The van der Waals surface area contributed by atoms with Gasteiger partial charge in [0.1, 0.15) is 0 Å². The molecule has 4 saturated carbocycles. The van der Waals surface area contributed by atoms with E-state index < -0.39 is 9.84 Å². The fraction of sp³-hybridized carbons (Fsp3) is 0.727. The van der Waals surface area contributed by atoms with E-state index in [1.807, 2.05) is 12.1 Å². The highest BCUT2D eigenvalue weighted by Crippen LogP contribution is 2.76. The number of hydrogen-bond donors (Lipinski definition) is 1. The highest BCUT2D eigenvalue weighted by atomic mass is 32.2. The molecule has 2 aliphatic heterocycles. The van der Waals surface area contributed by atoms with Crippen LogP contribution in [0.4, 0.5) is 0 Å². The number of carbonyl (C=O) groups excluding carboxylic acids is 2. The van der Waals surface area contributed by atoms with E-state index >= 15 is 0 Å². The Morgan fingerprint density at radius 3 is 2.31 bits per heavy atom. The number of rotatable bonds is 6. The minimum atomic E-state index is -2.99. The Labute approximate surface area is 312 Å². The second-order valence-electron chi connectivity index (χ2n) is 19.8. The third-order valence-corrected chi connectivity index (χ3v) is 19.6. The molecule has 1 aromatic rings. The van der Waals surface area contributed by atoms with E-state index in [-0.39, 0.29) is 56.1 Å². The van der Waals surface area contributed by atoms with Crippen molar-refractivity contribution in [1.82, 2.24) is 10.2 Å². The van der Waals surface area contributed by atoms with Crippen LogP contribution >= 0.6 is 0 Å². The third kappa shape index (κ3) is 5.07. The normalized spacial score (nSPS) is 44.1. The molecule has 284 valence electrons. The Morgan fingerprint density at radius 2 is 1.67 bits per heavy atom. The quantitative estimate of drug-likeness (QED) is 0.237. The van der Waals surface area contributed by atoms with Gasteiger partial charge in [-0.05, 0) is 146 Å². The number of methoxy groups -OCH3 is 1. The molecule has 2 saturated heterocycles. The summed E-state index contributed by atoms with van der Waals surface area (Å²) in [5, 5.41) is 3.42. The Hall–Kier alpha value is -2.45. The molecule has 2 heterocycles. The zero-order valence-electron chi connectivity index (χ0n) is 32.7. The Morgan fingerprint density at radius 1 is 0.942 bits per heavy atom. The topological polar surface area (TPSA) is 92.8 Å². The lowest BCUT2D eigenvalue weighted by Gasteiger charge is -2.72. The van der Waals surface area contributed by atoms with Gasteiger partial charge in [0.25, 0.3) is 0 Å². The van der Waals surface area contributed by atoms with E-state index in [2.05, 4.69) is 76.5 Å². The van der Waals surface area contributed by atoms with Gasteiger partial charge in [-0.15, -0.1) is 0 Å². The van der Waals surface area contributed by atoms with Crippen LogP contribution in [0.5, 0.6) is 0 Å². The number of fused-ring (bicyclic) bond motifs is 9. The van der Waals surface area contributed by atoms with Gasteiger partial charge in [0.15, 0.2) is 9.84 Å². The van der Waals surface area contributed by atoms with Gasteiger partial charge in [-0.3, -0.25) is 9.69 Å². The number of ether oxygens (including phenoxy) is 1. The van der Waals surface area contributed by atoms with Gasteiger partial charge in [-0.2, -0.15) is 0 Å². The molecular weight excluding hydrogens is 669 g/mol. The molecule has 1 aromatic carbocycles. The van der Waals surface area contributed by atoms with Crippen molar-refractivity contribution in [3.05, 3.63) is 53.6 Å². The van der Waals surface area contributed by atoms with Gasteiger partial charge in [0.05, 0.1) is 30.2 Å². The molecule has 2 bridgehead atoms. The van der Waals surface area contributed by atoms with Gasteiger partial charge < -0.3 is 10.1 Å². The molecule has 11 atom stereocenters. The monoisotopic (exact) mass is 730 g/mol. The van der Waals surface area contributed by atoms with Crippen molar-refractivity contribution in [2.75, 3.05) is 26.0 Å². The maximum absolute atomic E-state index is 13.9. The van der Waals surface area contributed by atoms with E-state index in [9.17, 15) is 18.0 Å². The lowest BCUT2D eigenvalue weighted by atomic mass is 9.33. The summed E-state index contributed by atoms with van der Waals surface area (Å²) in [6.07, 6.45) is 13.4. The first-order valence-electron chi connectivity index (χ1n) is 20.2. The summed E-state index contributed by atoms with van der Waals surface area (Å²) in [7, 11) is -1.56. The first-order chi connectivity index (χ1) is 24.4. The summed E-state index contributed by atoms with van der Waals surface area (Å²) >= 11 is 0. The smallest absolute Gasteiger partial charge is 0.337 e. The van der Waals surface area contributed by atoms with Crippen LogP contribution in [0.15, 0.2) is 42.5 Å². The summed E-state index contributed by atoms with van der Waals surface area (Å²) in [4.78, 5) is 28.2.